The van der Waals surface area contributed by atoms with E-state index in [0.29, 0.717) is 5.56 Å². The van der Waals surface area contributed by atoms with Crippen LogP contribution in [0, 0.1) is 6.92 Å². The molecule has 1 aliphatic rings. The fraction of sp³-hybridized carbons (Fsp3) is 0.321. The van der Waals surface area contributed by atoms with Crippen LogP contribution in [-0.2, 0) is 19.5 Å². The summed E-state index contributed by atoms with van der Waals surface area (Å²) in [5.74, 6) is 0.825. The van der Waals surface area contributed by atoms with Crippen molar-refractivity contribution in [3.05, 3.63) is 100 Å². The van der Waals surface area contributed by atoms with Crippen LogP contribution in [0.3, 0.4) is 0 Å². The average molecular weight is 429 g/mol. The predicted molar refractivity (Wildman–Crippen MR) is 129 cm³/mol. The van der Waals surface area contributed by atoms with Crippen molar-refractivity contribution in [3.63, 3.8) is 0 Å². The van der Waals surface area contributed by atoms with E-state index >= 15 is 0 Å². The van der Waals surface area contributed by atoms with E-state index in [1.54, 1.807) is 7.11 Å². The largest absolute Gasteiger partial charge is 0.496 e. The lowest BCUT2D eigenvalue weighted by Crippen LogP contribution is -2.30. The monoisotopic (exact) mass is 428 g/mol. The summed E-state index contributed by atoms with van der Waals surface area (Å²) in [5.41, 5.74) is 6.99. The SMILES string of the molecule is CCC(NC(=O)c1ccc(CN2CCc3ccccc3C2)cc1)c1ccc(OC)c(C)c1. The molecule has 1 aliphatic heterocycles. The first-order valence-corrected chi connectivity index (χ1v) is 11.4. The minimum atomic E-state index is -0.0382. The molecule has 4 rings (SSSR count). The van der Waals surface area contributed by atoms with Gasteiger partial charge >= 0.3 is 0 Å². The van der Waals surface area contributed by atoms with Crippen molar-refractivity contribution < 1.29 is 9.53 Å². The summed E-state index contributed by atoms with van der Waals surface area (Å²) in [6.45, 7) is 7.07. The predicted octanol–water partition coefficient (Wildman–Crippen LogP) is 5.44. The lowest BCUT2D eigenvalue weighted by molar-refractivity contribution is 0.0935. The zero-order valence-electron chi connectivity index (χ0n) is 19.2. The van der Waals surface area contributed by atoms with Gasteiger partial charge in [-0.05, 0) is 65.8 Å². The van der Waals surface area contributed by atoms with Crippen LogP contribution >= 0.6 is 0 Å². The van der Waals surface area contributed by atoms with Gasteiger partial charge in [0.1, 0.15) is 5.75 Å². The van der Waals surface area contributed by atoms with Crippen LogP contribution < -0.4 is 10.1 Å². The topological polar surface area (TPSA) is 41.6 Å². The average Bonchev–Trinajstić information content (AvgIpc) is 2.82. The first-order chi connectivity index (χ1) is 15.6. The number of nitrogens with zero attached hydrogens (tertiary/aromatic N) is 1. The molecule has 166 valence electrons. The van der Waals surface area contributed by atoms with Gasteiger partial charge in [-0.15, -0.1) is 0 Å². The van der Waals surface area contributed by atoms with Crippen LogP contribution in [0.2, 0.25) is 0 Å². The molecule has 1 N–H and O–H groups in total. The van der Waals surface area contributed by atoms with E-state index in [9.17, 15) is 4.79 Å². The molecule has 1 unspecified atom stereocenters. The van der Waals surface area contributed by atoms with Gasteiger partial charge in [-0.25, -0.2) is 0 Å². The number of hydrogen-bond donors (Lipinski definition) is 1. The van der Waals surface area contributed by atoms with Gasteiger partial charge < -0.3 is 10.1 Å². The van der Waals surface area contributed by atoms with Gasteiger partial charge in [0.15, 0.2) is 0 Å². The molecule has 4 heteroatoms. The standard InChI is InChI=1S/C28H32N2O2/c1-4-26(24-13-14-27(32-3)20(2)17-24)29-28(31)23-11-9-21(10-12-23)18-30-16-15-22-7-5-6-8-25(22)19-30/h5-14,17,26H,4,15-16,18-19H2,1-3H3,(H,29,31). The van der Waals surface area contributed by atoms with Crippen LogP contribution in [0.4, 0.5) is 0 Å². The first kappa shape index (κ1) is 22.1. The number of carbonyl (C=O) groups is 1. The zero-order valence-corrected chi connectivity index (χ0v) is 19.2. The molecule has 0 fully saturated rings. The van der Waals surface area contributed by atoms with Gasteiger partial charge in [-0.2, -0.15) is 0 Å². The fourth-order valence-corrected chi connectivity index (χ4v) is 4.49. The molecule has 0 radical (unpaired) electrons. The number of amides is 1. The Morgan fingerprint density at radius 1 is 1.06 bits per heavy atom. The third kappa shape index (κ3) is 5.03. The second-order valence-electron chi connectivity index (χ2n) is 8.59. The van der Waals surface area contributed by atoms with Crippen molar-refractivity contribution in [3.8, 4) is 5.75 Å². The number of hydrogen-bond acceptors (Lipinski definition) is 3. The van der Waals surface area contributed by atoms with Crippen molar-refractivity contribution in [2.24, 2.45) is 0 Å². The van der Waals surface area contributed by atoms with Crippen molar-refractivity contribution in [2.45, 2.75) is 45.8 Å². The summed E-state index contributed by atoms with van der Waals surface area (Å²) in [7, 11) is 1.68. The number of nitrogens with one attached hydrogen (secondary N) is 1. The van der Waals surface area contributed by atoms with Crippen molar-refractivity contribution in [1.29, 1.82) is 0 Å². The van der Waals surface area contributed by atoms with Crippen molar-refractivity contribution >= 4 is 5.91 Å². The maximum absolute atomic E-state index is 12.9. The molecule has 1 heterocycles. The number of fused-ring (bicyclic) bond motifs is 1. The van der Waals surface area contributed by atoms with E-state index in [2.05, 4.69) is 59.6 Å². The number of rotatable bonds is 7. The molecule has 0 spiro atoms. The van der Waals surface area contributed by atoms with E-state index in [-0.39, 0.29) is 11.9 Å². The van der Waals surface area contributed by atoms with Crippen LogP contribution in [0.1, 0.15) is 57.6 Å². The van der Waals surface area contributed by atoms with E-state index < -0.39 is 0 Å². The number of benzene rings is 3. The molecule has 4 nitrogen and oxygen atoms in total. The van der Waals surface area contributed by atoms with Gasteiger partial charge in [-0.3, -0.25) is 9.69 Å². The Morgan fingerprint density at radius 3 is 2.50 bits per heavy atom. The highest BCUT2D eigenvalue weighted by atomic mass is 16.5. The Hall–Kier alpha value is -3.11. The van der Waals surface area contributed by atoms with Crippen molar-refractivity contribution in [1.82, 2.24) is 10.2 Å². The van der Waals surface area contributed by atoms with E-state index in [1.165, 1.54) is 16.7 Å². The number of ether oxygens (including phenoxy) is 1. The Kier molecular flexibility index (Phi) is 6.91. The molecule has 0 saturated carbocycles. The van der Waals surface area contributed by atoms with Gasteiger partial charge in [-0.1, -0.05) is 55.5 Å². The lowest BCUT2D eigenvalue weighted by atomic mass is 9.99. The summed E-state index contributed by atoms with van der Waals surface area (Å²) in [6, 6.07) is 22.8. The van der Waals surface area contributed by atoms with Gasteiger partial charge in [0, 0.05) is 25.2 Å². The normalized spacial score (nSPS) is 14.5. The lowest BCUT2D eigenvalue weighted by Gasteiger charge is -2.28. The Balaban J connectivity index is 1.38. The molecule has 0 aromatic heterocycles. The molecular formula is C28H32N2O2. The quantitative estimate of drug-likeness (QED) is 0.545. The maximum Gasteiger partial charge on any atom is 0.251 e. The summed E-state index contributed by atoms with van der Waals surface area (Å²) in [5, 5.41) is 3.19. The highest BCUT2D eigenvalue weighted by Crippen LogP contribution is 2.25. The minimum Gasteiger partial charge on any atom is -0.496 e. The van der Waals surface area contributed by atoms with Gasteiger partial charge in [0.05, 0.1) is 13.2 Å². The van der Waals surface area contributed by atoms with E-state index in [4.69, 9.17) is 4.74 Å². The molecule has 1 atom stereocenters. The molecule has 0 aliphatic carbocycles. The highest BCUT2D eigenvalue weighted by Gasteiger charge is 2.17. The number of methoxy groups -OCH3 is 1. The fourth-order valence-electron chi connectivity index (χ4n) is 4.49. The second kappa shape index (κ2) is 10.0. The van der Waals surface area contributed by atoms with Gasteiger partial charge in [0.2, 0.25) is 0 Å². The first-order valence-electron chi connectivity index (χ1n) is 11.4. The number of aryl methyl sites for hydroxylation is 1. The Labute approximate surface area is 191 Å². The third-order valence-electron chi connectivity index (χ3n) is 6.37. The summed E-state index contributed by atoms with van der Waals surface area (Å²) in [6.07, 6.45) is 1.92. The van der Waals surface area contributed by atoms with E-state index in [1.807, 2.05) is 31.2 Å². The minimum absolute atomic E-state index is 0.0276. The Morgan fingerprint density at radius 2 is 1.81 bits per heavy atom. The third-order valence-corrected chi connectivity index (χ3v) is 6.37. The summed E-state index contributed by atoms with van der Waals surface area (Å²) >= 11 is 0. The Bertz CT molecular complexity index is 1080. The molecule has 0 bridgehead atoms. The van der Waals surface area contributed by atoms with Crippen LogP contribution in [0.25, 0.3) is 0 Å². The number of carbonyl (C=O) groups excluding carboxylic acids is 1. The molecule has 3 aromatic rings. The highest BCUT2D eigenvalue weighted by molar-refractivity contribution is 5.94. The molecule has 0 saturated heterocycles. The summed E-state index contributed by atoms with van der Waals surface area (Å²) in [4.78, 5) is 15.4. The maximum atomic E-state index is 12.9. The van der Waals surface area contributed by atoms with Crippen molar-refractivity contribution in [2.75, 3.05) is 13.7 Å². The van der Waals surface area contributed by atoms with Gasteiger partial charge in [0.25, 0.3) is 5.91 Å². The molecule has 32 heavy (non-hydrogen) atoms. The molecular weight excluding hydrogens is 396 g/mol. The van der Waals surface area contributed by atoms with Crippen LogP contribution in [0.5, 0.6) is 5.75 Å². The smallest absolute Gasteiger partial charge is 0.251 e. The molecule has 1 amide bonds. The summed E-state index contributed by atoms with van der Waals surface area (Å²) < 4.78 is 5.36. The molecule has 3 aromatic carbocycles. The van der Waals surface area contributed by atoms with Crippen LogP contribution in [0.15, 0.2) is 66.7 Å². The van der Waals surface area contributed by atoms with Crippen LogP contribution in [-0.4, -0.2) is 24.5 Å². The second-order valence-corrected chi connectivity index (χ2v) is 8.59. The zero-order chi connectivity index (χ0) is 22.5. The van der Waals surface area contributed by atoms with E-state index in [0.717, 1.165) is 49.4 Å².